The smallest absolute Gasteiger partial charge is 0.338 e. The van der Waals surface area contributed by atoms with Crippen LogP contribution in [0, 0.1) is 10.1 Å². The monoisotopic (exact) mass is 330 g/mol. The number of nitrogens with zero attached hydrogens (tertiary/aromatic N) is 1. The van der Waals surface area contributed by atoms with Crippen molar-refractivity contribution >= 4 is 17.6 Å². The second-order valence-corrected chi connectivity index (χ2v) is 4.90. The normalized spacial score (nSPS) is 10.2. The van der Waals surface area contributed by atoms with Crippen molar-refractivity contribution in [3.8, 4) is 0 Å². The van der Waals surface area contributed by atoms with Gasteiger partial charge in [0, 0.05) is 11.6 Å². The highest BCUT2D eigenvalue weighted by atomic mass is 16.6. The number of nitro groups is 1. The number of esters is 1. The zero-order valence-corrected chi connectivity index (χ0v) is 12.5. The second-order valence-electron chi connectivity index (χ2n) is 4.90. The number of amides is 1. The summed E-state index contributed by atoms with van der Waals surface area (Å²) in [6.45, 7) is -0.469. The molecule has 0 aliphatic heterocycles. The lowest BCUT2D eigenvalue weighted by atomic mass is 10.1. The molecule has 0 aromatic heterocycles. The number of carbonyl (C=O) groups is 2. The number of hydrogen-bond acceptors (Lipinski definition) is 6. The molecular formula is C16H14N2O6. The lowest BCUT2D eigenvalue weighted by Crippen LogP contribution is -2.12. The van der Waals surface area contributed by atoms with E-state index in [0.717, 1.165) is 6.07 Å². The van der Waals surface area contributed by atoms with Crippen molar-refractivity contribution < 1.29 is 24.4 Å². The molecule has 0 spiro atoms. The van der Waals surface area contributed by atoms with E-state index in [1.807, 2.05) is 0 Å². The van der Waals surface area contributed by atoms with Gasteiger partial charge in [0.25, 0.3) is 5.69 Å². The van der Waals surface area contributed by atoms with Gasteiger partial charge in [-0.25, -0.2) is 4.79 Å². The fourth-order valence-corrected chi connectivity index (χ4v) is 1.98. The molecule has 0 fully saturated rings. The van der Waals surface area contributed by atoms with E-state index in [2.05, 4.69) is 0 Å². The van der Waals surface area contributed by atoms with Crippen LogP contribution in [0.2, 0.25) is 0 Å². The van der Waals surface area contributed by atoms with Gasteiger partial charge in [-0.1, -0.05) is 12.1 Å². The Hall–Kier alpha value is -3.26. The molecule has 0 unspecified atom stereocenters. The van der Waals surface area contributed by atoms with Crippen LogP contribution in [-0.2, 0) is 18.0 Å². The minimum absolute atomic E-state index is 0.00336. The Kier molecular flexibility index (Phi) is 5.23. The average molecular weight is 330 g/mol. The third-order valence-corrected chi connectivity index (χ3v) is 3.30. The zero-order chi connectivity index (χ0) is 17.7. The number of aliphatic hydroxyl groups is 1. The summed E-state index contributed by atoms with van der Waals surface area (Å²) in [6, 6.07) is 9.80. The van der Waals surface area contributed by atoms with E-state index in [4.69, 9.17) is 15.6 Å². The summed E-state index contributed by atoms with van der Waals surface area (Å²) in [6.07, 6.45) is 0. The number of nitro benzene ring substituents is 1. The topological polar surface area (TPSA) is 133 Å². The molecule has 0 saturated heterocycles. The van der Waals surface area contributed by atoms with Crippen molar-refractivity contribution in [1.29, 1.82) is 0 Å². The van der Waals surface area contributed by atoms with E-state index in [-0.39, 0.29) is 35.6 Å². The molecule has 1 amide bonds. The van der Waals surface area contributed by atoms with Gasteiger partial charge in [-0.05, 0) is 29.8 Å². The number of ether oxygens (including phenoxy) is 1. The molecule has 24 heavy (non-hydrogen) atoms. The summed E-state index contributed by atoms with van der Waals surface area (Å²) in [5.74, 6) is -1.45. The van der Waals surface area contributed by atoms with Gasteiger partial charge in [0.1, 0.15) is 6.61 Å². The number of rotatable bonds is 6. The standard InChI is InChI=1S/C16H14N2O6/c17-15(20)12-5-6-13(14(7-12)18(22)23)9-24-16(21)11-3-1-10(8-19)2-4-11/h1-7,19H,8-9H2,(H2,17,20). The Labute approximate surface area is 136 Å². The van der Waals surface area contributed by atoms with Crippen LogP contribution < -0.4 is 5.73 Å². The van der Waals surface area contributed by atoms with Crippen molar-refractivity contribution in [3.05, 3.63) is 74.8 Å². The van der Waals surface area contributed by atoms with Gasteiger partial charge < -0.3 is 15.6 Å². The first-order valence-electron chi connectivity index (χ1n) is 6.86. The van der Waals surface area contributed by atoms with E-state index >= 15 is 0 Å². The summed E-state index contributed by atoms with van der Waals surface area (Å²) < 4.78 is 5.06. The zero-order valence-electron chi connectivity index (χ0n) is 12.5. The van der Waals surface area contributed by atoms with Gasteiger partial charge in [-0.15, -0.1) is 0 Å². The van der Waals surface area contributed by atoms with Crippen molar-refractivity contribution in [2.24, 2.45) is 5.73 Å². The first-order chi connectivity index (χ1) is 11.4. The van der Waals surface area contributed by atoms with Crippen molar-refractivity contribution in [3.63, 3.8) is 0 Å². The number of carbonyl (C=O) groups excluding carboxylic acids is 2. The summed E-state index contributed by atoms with van der Waals surface area (Å²) >= 11 is 0. The first kappa shape index (κ1) is 17.1. The highest BCUT2D eigenvalue weighted by Crippen LogP contribution is 2.21. The number of primary amides is 1. The van der Waals surface area contributed by atoms with Gasteiger partial charge in [0.15, 0.2) is 0 Å². The van der Waals surface area contributed by atoms with Crippen LogP contribution in [0.3, 0.4) is 0 Å². The third kappa shape index (κ3) is 3.93. The maximum Gasteiger partial charge on any atom is 0.338 e. The molecular weight excluding hydrogens is 316 g/mol. The van der Waals surface area contributed by atoms with Crippen molar-refractivity contribution in [2.75, 3.05) is 0 Å². The molecule has 0 atom stereocenters. The molecule has 0 radical (unpaired) electrons. The fraction of sp³-hybridized carbons (Fsp3) is 0.125. The molecule has 2 rings (SSSR count). The number of hydrogen-bond donors (Lipinski definition) is 2. The van der Waals surface area contributed by atoms with E-state index < -0.39 is 16.8 Å². The Bertz CT molecular complexity index is 786. The lowest BCUT2D eigenvalue weighted by Gasteiger charge is -2.07. The minimum atomic E-state index is -0.786. The molecule has 0 saturated carbocycles. The quantitative estimate of drug-likeness (QED) is 0.469. The third-order valence-electron chi connectivity index (χ3n) is 3.30. The highest BCUT2D eigenvalue weighted by molar-refractivity contribution is 5.93. The van der Waals surface area contributed by atoms with Crippen molar-refractivity contribution in [2.45, 2.75) is 13.2 Å². The first-order valence-corrected chi connectivity index (χ1v) is 6.86. The molecule has 2 aromatic carbocycles. The Morgan fingerprint density at radius 2 is 1.75 bits per heavy atom. The summed E-state index contributed by atoms with van der Waals surface area (Å²) in [5, 5.41) is 20.0. The van der Waals surface area contributed by atoms with Crippen molar-refractivity contribution in [1.82, 2.24) is 0 Å². The SMILES string of the molecule is NC(=O)c1ccc(COC(=O)c2ccc(CO)cc2)c([N+](=O)[O-])c1. The molecule has 8 nitrogen and oxygen atoms in total. The number of aliphatic hydroxyl groups excluding tert-OH is 1. The molecule has 124 valence electrons. The largest absolute Gasteiger partial charge is 0.457 e. The maximum atomic E-state index is 11.9. The van der Waals surface area contributed by atoms with E-state index in [1.54, 1.807) is 12.1 Å². The summed E-state index contributed by atoms with van der Waals surface area (Å²) in [4.78, 5) is 33.4. The Morgan fingerprint density at radius 3 is 2.29 bits per heavy atom. The van der Waals surface area contributed by atoms with Crippen LogP contribution in [-0.4, -0.2) is 21.9 Å². The molecule has 0 aliphatic rings. The van der Waals surface area contributed by atoms with Gasteiger partial charge in [-0.2, -0.15) is 0 Å². The van der Waals surface area contributed by atoms with Gasteiger partial charge in [-0.3, -0.25) is 14.9 Å². The summed E-state index contributed by atoms with van der Waals surface area (Å²) in [5.41, 5.74) is 5.77. The maximum absolute atomic E-state index is 11.9. The highest BCUT2D eigenvalue weighted by Gasteiger charge is 2.18. The lowest BCUT2D eigenvalue weighted by molar-refractivity contribution is -0.385. The van der Waals surface area contributed by atoms with E-state index in [1.165, 1.54) is 24.3 Å². The summed E-state index contributed by atoms with van der Waals surface area (Å²) in [7, 11) is 0. The van der Waals surface area contributed by atoms with Gasteiger partial charge in [0.05, 0.1) is 22.7 Å². The number of benzene rings is 2. The molecule has 8 heteroatoms. The molecule has 0 aliphatic carbocycles. The van der Waals surface area contributed by atoms with Gasteiger partial charge >= 0.3 is 5.97 Å². The van der Waals surface area contributed by atoms with Crippen LogP contribution >= 0.6 is 0 Å². The predicted octanol–water partition coefficient (Wildman–Crippen LogP) is 1.54. The Morgan fingerprint density at radius 1 is 1.12 bits per heavy atom. The van der Waals surface area contributed by atoms with Crippen LogP contribution in [0.15, 0.2) is 42.5 Å². The van der Waals surface area contributed by atoms with Crippen LogP contribution in [0.25, 0.3) is 0 Å². The second kappa shape index (κ2) is 7.34. The van der Waals surface area contributed by atoms with Crippen LogP contribution in [0.1, 0.15) is 31.8 Å². The Balaban J connectivity index is 2.14. The number of nitrogens with two attached hydrogens (primary N) is 1. The molecule has 2 aromatic rings. The fourth-order valence-electron chi connectivity index (χ4n) is 1.98. The minimum Gasteiger partial charge on any atom is -0.457 e. The van der Waals surface area contributed by atoms with Crippen LogP contribution in [0.5, 0.6) is 0 Å². The van der Waals surface area contributed by atoms with E-state index in [9.17, 15) is 19.7 Å². The van der Waals surface area contributed by atoms with Gasteiger partial charge in [0.2, 0.25) is 5.91 Å². The predicted molar refractivity (Wildman–Crippen MR) is 83.1 cm³/mol. The average Bonchev–Trinajstić information content (AvgIpc) is 2.59. The van der Waals surface area contributed by atoms with E-state index in [0.29, 0.717) is 5.56 Å². The van der Waals surface area contributed by atoms with Crippen LogP contribution in [0.4, 0.5) is 5.69 Å². The molecule has 0 heterocycles. The molecule has 3 N–H and O–H groups in total. The molecule has 0 bridgehead atoms.